The van der Waals surface area contributed by atoms with Gasteiger partial charge in [0.1, 0.15) is 5.82 Å². The van der Waals surface area contributed by atoms with Gasteiger partial charge in [0.05, 0.1) is 5.02 Å². The molecule has 74 valence electrons. The number of rotatable bonds is 1. The van der Waals surface area contributed by atoms with Crippen molar-refractivity contribution in [2.24, 2.45) is 0 Å². The first-order chi connectivity index (χ1) is 6.54. The van der Waals surface area contributed by atoms with Gasteiger partial charge in [-0.2, -0.15) is 0 Å². The Bertz CT molecular complexity index is 390. The molecular weight excluding hydrogens is 200 g/mol. The molecule has 1 aliphatic heterocycles. The summed E-state index contributed by atoms with van der Waals surface area (Å²) >= 11 is 5.87. The Kier molecular flexibility index (Phi) is 2.00. The zero-order valence-electron chi connectivity index (χ0n) is 8.12. The van der Waals surface area contributed by atoms with Gasteiger partial charge in [0.15, 0.2) is 0 Å². The fourth-order valence-corrected chi connectivity index (χ4v) is 1.99. The zero-order valence-corrected chi connectivity index (χ0v) is 8.88. The quantitative estimate of drug-likeness (QED) is 0.665. The van der Waals surface area contributed by atoms with Crippen molar-refractivity contribution in [1.29, 1.82) is 0 Å². The van der Waals surface area contributed by atoms with Gasteiger partial charge in [0.25, 0.3) is 0 Å². The summed E-state index contributed by atoms with van der Waals surface area (Å²) in [7, 11) is 0. The van der Waals surface area contributed by atoms with Crippen LogP contribution in [-0.2, 0) is 10.2 Å². The van der Waals surface area contributed by atoms with Crippen molar-refractivity contribution in [2.75, 3.05) is 11.4 Å². The van der Waals surface area contributed by atoms with Crippen LogP contribution in [-0.4, -0.2) is 17.9 Å². The minimum Gasteiger partial charge on any atom is -0.298 e. The Hall–Kier alpha value is -1.09. The van der Waals surface area contributed by atoms with E-state index in [1.807, 2.05) is 6.07 Å². The van der Waals surface area contributed by atoms with Crippen LogP contribution in [0.2, 0.25) is 5.02 Å². The van der Waals surface area contributed by atoms with Crippen LogP contribution in [0.3, 0.4) is 0 Å². The van der Waals surface area contributed by atoms with Crippen molar-refractivity contribution >= 4 is 23.8 Å². The second-order valence-corrected chi connectivity index (χ2v) is 4.58. The van der Waals surface area contributed by atoms with Gasteiger partial charge in [-0.25, -0.2) is 4.98 Å². The lowest BCUT2D eigenvalue weighted by Crippen LogP contribution is -2.27. The molecule has 0 aliphatic carbocycles. The van der Waals surface area contributed by atoms with Crippen LogP contribution in [0, 0.1) is 0 Å². The van der Waals surface area contributed by atoms with Crippen molar-refractivity contribution in [3.8, 4) is 0 Å². The van der Waals surface area contributed by atoms with Crippen LogP contribution < -0.4 is 4.90 Å². The molecular formula is C10H11ClN2O. The molecule has 0 atom stereocenters. The maximum atomic E-state index is 10.8. The fourth-order valence-electron chi connectivity index (χ4n) is 1.83. The van der Waals surface area contributed by atoms with Gasteiger partial charge < -0.3 is 0 Å². The molecule has 4 heteroatoms. The standard InChI is InChI=1S/C10H11ClN2O/c1-10(2)5-13(6-14)9-8(10)3-7(11)4-12-9/h3-4,6H,5H2,1-2H3. The lowest BCUT2D eigenvalue weighted by molar-refractivity contribution is -0.107. The van der Waals surface area contributed by atoms with E-state index in [9.17, 15) is 4.79 Å². The Morgan fingerprint density at radius 1 is 1.64 bits per heavy atom. The number of hydrogen-bond acceptors (Lipinski definition) is 2. The van der Waals surface area contributed by atoms with Crippen LogP contribution in [0.1, 0.15) is 19.4 Å². The molecule has 0 N–H and O–H groups in total. The topological polar surface area (TPSA) is 33.2 Å². The number of nitrogens with zero attached hydrogens (tertiary/aromatic N) is 2. The Morgan fingerprint density at radius 3 is 3.00 bits per heavy atom. The van der Waals surface area contributed by atoms with E-state index >= 15 is 0 Å². The molecule has 0 spiro atoms. The van der Waals surface area contributed by atoms with E-state index in [-0.39, 0.29) is 5.41 Å². The van der Waals surface area contributed by atoms with E-state index in [1.54, 1.807) is 11.1 Å². The number of pyridine rings is 1. The van der Waals surface area contributed by atoms with Crippen molar-refractivity contribution in [1.82, 2.24) is 4.98 Å². The maximum Gasteiger partial charge on any atom is 0.215 e. The number of halogens is 1. The summed E-state index contributed by atoms with van der Waals surface area (Å²) in [5.74, 6) is 0.731. The number of amides is 1. The number of aromatic nitrogens is 1. The summed E-state index contributed by atoms with van der Waals surface area (Å²) in [6, 6.07) is 1.88. The summed E-state index contributed by atoms with van der Waals surface area (Å²) in [4.78, 5) is 16.6. The van der Waals surface area contributed by atoms with E-state index in [1.165, 1.54) is 0 Å². The van der Waals surface area contributed by atoms with E-state index in [0.29, 0.717) is 11.6 Å². The Morgan fingerprint density at radius 2 is 2.36 bits per heavy atom. The monoisotopic (exact) mass is 210 g/mol. The molecule has 0 fully saturated rings. The number of carbonyl (C=O) groups is 1. The molecule has 14 heavy (non-hydrogen) atoms. The molecule has 0 radical (unpaired) electrons. The third kappa shape index (κ3) is 1.28. The smallest absolute Gasteiger partial charge is 0.215 e. The first kappa shape index (κ1) is 9.46. The molecule has 1 amide bonds. The third-order valence-electron chi connectivity index (χ3n) is 2.53. The first-order valence-corrected chi connectivity index (χ1v) is 4.80. The van der Waals surface area contributed by atoms with Crippen molar-refractivity contribution in [3.05, 3.63) is 22.8 Å². The van der Waals surface area contributed by atoms with Crippen LogP contribution >= 0.6 is 11.6 Å². The molecule has 0 saturated carbocycles. The average molecular weight is 211 g/mol. The fraction of sp³-hybridized carbons (Fsp3) is 0.400. The number of anilines is 1. The van der Waals surface area contributed by atoms with E-state index < -0.39 is 0 Å². The maximum absolute atomic E-state index is 10.8. The number of carbonyl (C=O) groups excluding carboxylic acids is 1. The summed E-state index contributed by atoms with van der Waals surface area (Å²) < 4.78 is 0. The molecule has 2 heterocycles. The van der Waals surface area contributed by atoms with Crippen molar-refractivity contribution in [3.63, 3.8) is 0 Å². The summed E-state index contributed by atoms with van der Waals surface area (Å²) in [6.45, 7) is 4.82. The van der Waals surface area contributed by atoms with Gasteiger partial charge in [0.2, 0.25) is 6.41 Å². The first-order valence-electron chi connectivity index (χ1n) is 4.42. The molecule has 0 aromatic carbocycles. The normalized spacial score (nSPS) is 18.1. The third-order valence-corrected chi connectivity index (χ3v) is 2.73. The predicted octanol–water partition coefficient (Wildman–Crippen LogP) is 1.99. The molecule has 1 aromatic heterocycles. The largest absolute Gasteiger partial charge is 0.298 e. The molecule has 3 nitrogen and oxygen atoms in total. The van der Waals surface area contributed by atoms with Crippen LogP contribution in [0.15, 0.2) is 12.3 Å². The van der Waals surface area contributed by atoms with Crippen LogP contribution in [0.25, 0.3) is 0 Å². The lowest BCUT2D eigenvalue weighted by Gasteiger charge is -2.17. The van der Waals surface area contributed by atoms with Gasteiger partial charge in [0, 0.05) is 23.7 Å². The summed E-state index contributed by atoms with van der Waals surface area (Å²) in [5, 5.41) is 0.615. The van der Waals surface area contributed by atoms with Gasteiger partial charge in [-0.15, -0.1) is 0 Å². The molecule has 0 bridgehead atoms. The van der Waals surface area contributed by atoms with Gasteiger partial charge >= 0.3 is 0 Å². The SMILES string of the molecule is CC1(C)CN(C=O)c2ncc(Cl)cc21. The minimum absolute atomic E-state index is 0.0614. The molecule has 0 unspecified atom stereocenters. The number of fused-ring (bicyclic) bond motifs is 1. The van der Waals surface area contributed by atoms with Gasteiger partial charge in [-0.1, -0.05) is 25.4 Å². The van der Waals surface area contributed by atoms with Crippen LogP contribution in [0.5, 0.6) is 0 Å². The van der Waals surface area contributed by atoms with Crippen LogP contribution in [0.4, 0.5) is 5.82 Å². The van der Waals surface area contributed by atoms with E-state index in [0.717, 1.165) is 17.8 Å². The average Bonchev–Trinajstić information content (AvgIpc) is 2.38. The summed E-state index contributed by atoms with van der Waals surface area (Å²) in [5.41, 5.74) is 0.978. The zero-order chi connectivity index (χ0) is 10.3. The Labute approximate surface area is 87.7 Å². The van der Waals surface area contributed by atoms with Crippen molar-refractivity contribution < 1.29 is 4.79 Å². The highest BCUT2D eigenvalue weighted by Crippen LogP contribution is 2.39. The molecule has 2 rings (SSSR count). The molecule has 0 saturated heterocycles. The highest BCUT2D eigenvalue weighted by molar-refractivity contribution is 6.30. The van der Waals surface area contributed by atoms with Gasteiger partial charge in [-0.05, 0) is 6.07 Å². The highest BCUT2D eigenvalue weighted by atomic mass is 35.5. The minimum atomic E-state index is -0.0614. The second kappa shape index (κ2) is 2.95. The lowest BCUT2D eigenvalue weighted by atomic mass is 9.88. The number of hydrogen-bond donors (Lipinski definition) is 0. The highest BCUT2D eigenvalue weighted by Gasteiger charge is 2.36. The second-order valence-electron chi connectivity index (χ2n) is 4.14. The van der Waals surface area contributed by atoms with Crippen molar-refractivity contribution in [2.45, 2.75) is 19.3 Å². The Balaban J connectivity index is 2.59. The molecule has 1 aliphatic rings. The summed E-state index contributed by atoms with van der Waals surface area (Å²) in [6.07, 6.45) is 2.38. The van der Waals surface area contributed by atoms with E-state index in [4.69, 9.17) is 11.6 Å². The van der Waals surface area contributed by atoms with Gasteiger partial charge in [-0.3, -0.25) is 9.69 Å². The predicted molar refractivity (Wildman–Crippen MR) is 55.7 cm³/mol. The molecule has 1 aromatic rings. The van der Waals surface area contributed by atoms with E-state index in [2.05, 4.69) is 18.8 Å².